The van der Waals surface area contributed by atoms with E-state index in [1.54, 1.807) is 6.33 Å². The molecule has 0 amide bonds. The van der Waals surface area contributed by atoms with E-state index in [2.05, 4.69) is 41.1 Å². The van der Waals surface area contributed by atoms with E-state index in [0.29, 0.717) is 6.04 Å². The van der Waals surface area contributed by atoms with Crippen molar-refractivity contribution >= 4 is 22.4 Å². The summed E-state index contributed by atoms with van der Waals surface area (Å²) in [5.74, 6) is 0.842. The molecule has 0 saturated heterocycles. The van der Waals surface area contributed by atoms with Crippen LogP contribution in [0.5, 0.6) is 0 Å². The molecule has 3 N–H and O–H groups in total. The maximum atomic E-state index is 5.82. The summed E-state index contributed by atoms with van der Waals surface area (Å²) in [6, 6.07) is 6.22. The van der Waals surface area contributed by atoms with Gasteiger partial charge in [-0.2, -0.15) is 0 Å². The van der Waals surface area contributed by atoms with Gasteiger partial charge >= 0.3 is 0 Å². The number of hydrogen-bond acceptors (Lipinski definition) is 5. The minimum absolute atomic E-state index is 0.541. The number of fused-ring (bicyclic) bond motifs is 1. The van der Waals surface area contributed by atoms with Crippen LogP contribution in [0.4, 0.5) is 11.5 Å². The number of nitrogens with two attached hydrogens (primary N) is 1. The highest BCUT2D eigenvalue weighted by atomic mass is 15.1. The van der Waals surface area contributed by atoms with Crippen LogP contribution in [0.1, 0.15) is 13.8 Å². The van der Waals surface area contributed by atoms with Gasteiger partial charge in [0.1, 0.15) is 12.1 Å². The normalized spacial score (nSPS) is 11.4. The average Bonchev–Trinajstić information content (AvgIpc) is 2.39. The molecule has 0 atom stereocenters. The minimum Gasteiger partial charge on any atom is -0.399 e. The summed E-state index contributed by atoms with van der Waals surface area (Å²) in [5, 5.41) is 4.32. The molecule has 1 aromatic heterocycles. The third kappa shape index (κ3) is 3.32. The van der Waals surface area contributed by atoms with Gasteiger partial charge in [-0.05, 0) is 39.1 Å². The van der Waals surface area contributed by atoms with Crippen molar-refractivity contribution in [3.63, 3.8) is 0 Å². The molecule has 102 valence electrons. The summed E-state index contributed by atoms with van der Waals surface area (Å²) >= 11 is 0. The Bertz CT molecular complexity index is 553. The van der Waals surface area contributed by atoms with Gasteiger partial charge in [-0.3, -0.25) is 0 Å². The lowest BCUT2D eigenvalue weighted by molar-refractivity contribution is 0.284. The molecule has 2 rings (SSSR count). The van der Waals surface area contributed by atoms with Crippen molar-refractivity contribution in [2.24, 2.45) is 0 Å². The first-order valence-corrected chi connectivity index (χ1v) is 6.52. The molecule has 0 spiro atoms. The maximum absolute atomic E-state index is 5.82. The molecule has 1 aromatic carbocycles. The zero-order valence-electron chi connectivity index (χ0n) is 11.7. The van der Waals surface area contributed by atoms with Gasteiger partial charge < -0.3 is 16.0 Å². The van der Waals surface area contributed by atoms with E-state index in [0.717, 1.165) is 35.5 Å². The molecule has 5 nitrogen and oxygen atoms in total. The Hall–Kier alpha value is -1.88. The second kappa shape index (κ2) is 5.84. The number of nitrogens with one attached hydrogen (secondary N) is 1. The van der Waals surface area contributed by atoms with Crippen molar-refractivity contribution in [2.75, 3.05) is 31.2 Å². The van der Waals surface area contributed by atoms with Crippen LogP contribution in [0.3, 0.4) is 0 Å². The topological polar surface area (TPSA) is 67.1 Å². The van der Waals surface area contributed by atoms with E-state index in [4.69, 9.17) is 5.73 Å². The van der Waals surface area contributed by atoms with Gasteiger partial charge in [0.05, 0.1) is 5.52 Å². The smallest absolute Gasteiger partial charge is 0.137 e. The van der Waals surface area contributed by atoms with Crippen LogP contribution >= 0.6 is 0 Å². The first-order valence-electron chi connectivity index (χ1n) is 6.52. The quantitative estimate of drug-likeness (QED) is 0.803. The molecule has 0 aliphatic heterocycles. The zero-order chi connectivity index (χ0) is 13.8. The molecule has 5 heteroatoms. The first kappa shape index (κ1) is 13.5. The number of aromatic nitrogens is 2. The maximum Gasteiger partial charge on any atom is 0.137 e. The zero-order valence-corrected chi connectivity index (χ0v) is 11.7. The summed E-state index contributed by atoms with van der Waals surface area (Å²) in [7, 11) is 2.11. The number of hydrogen-bond donors (Lipinski definition) is 2. The van der Waals surface area contributed by atoms with Crippen molar-refractivity contribution in [2.45, 2.75) is 19.9 Å². The first-order chi connectivity index (χ1) is 9.08. The lowest BCUT2D eigenvalue weighted by Gasteiger charge is -2.21. The highest BCUT2D eigenvalue weighted by molar-refractivity contribution is 5.91. The number of rotatable bonds is 5. The fraction of sp³-hybridized carbons (Fsp3) is 0.429. The molecule has 1 heterocycles. The minimum atomic E-state index is 0.541. The molecule has 0 fully saturated rings. The fourth-order valence-corrected chi connectivity index (χ4v) is 1.82. The Balaban J connectivity index is 2.10. The predicted molar refractivity (Wildman–Crippen MR) is 80.2 cm³/mol. The van der Waals surface area contributed by atoms with Crippen molar-refractivity contribution in [1.29, 1.82) is 0 Å². The lowest BCUT2D eigenvalue weighted by Crippen LogP contribution is -2.31. The largest absolute Gasteiger partial charge is 0.399 e. The third-order valence-electron chi connectivity index (χ3n) is 3.30. The van der Waals surface area contributed by atoms with Gasteiger partial charge in [-0.1, -0.05) is 0 Å². The molecule has 19 heavy (non-hydrogen) atoms. The molecule has 0 aliphatic rings. The van der Waals surface area contributed by atoms with E-state index < -0.39 is 0 Å². The van der Waals surface area contributed by atoms with Gasteiger partial charge in [0.15, 0.2) is 0 Å². The summed E-state index contributed by atoms with van der Waals surface area (Å²) in [5.41, 5.74) is 7.45. The third-order valence-corrected chi connectivity index (χ3v) is 3.30. The Morgan fingerprint density at radius 1 is 1.32 bits per heavy atom. The van der Waals surface area contributed by atoms with Crippen molar-refractivity contribution in [3.05, 3.63) is 24.5 Å². The van der Waals surface area contributed by atoms with Crippen LogP contribution in [0.2, 0.25) is 0 Å². The second-order valence-electron chi connectivity index (χ2n) is 5.00. The number of benzene rings is 1. The van der Waals surface area contributed by atoms with Gasteiger partial charge in [-0.25, -0.2) is 9.97 Å². The van der Waals surface area contributed by atoms with Gasteiger partial charge in [0.25, 0.3) is 0 Å². The van der Waals surface area contributed by atoms with Crippen LogP contribution in [-0.2, 0) is 0 Å². The van der Waals surface area contributed by atoms with Gasteiger partial charge in [0.2, 0.25) is 0 Å². The SMILES string of the molecule is CC(C)N(C)CCNc1ncnc2ccc(N)cc12. The Kier molecular flexibility index (Phi) is 4.16. The van der Waals surface area contributed by atoms with Gasteiger partial charge in [-0.15, -0.1) is 0 Å². The fourth-order valence-electron chi connectivity index (χ4n) is 1.82. The van der Waals surface area contributed by atoms with E-state index in [1.165, 1.54) is 0 Å². The molecular weight excluding hydrogens is 238 g/mol. The highest BCUT2D eigenvalue weighted by Gasteiger charge is 2.05. The summed E-state index contributed by atoms with van der Waals surface area (Å²) in [6.45, 7) is 6.17. The van der Waals surface area contributed by atoms with E-state index in [-0.39, 0.29) is 0 Å². The number of likely N-dealkylation sites (N-methyl/N-ethyl adjacent to an activating group) is 1. The molecular formula is C14H21N5. The van der Waals surface area contributed by atoms with E-state index >= 15 is 0 Å². The highest BCUT2D eigenvalue weighted by Crippen LogP contribution is 2.21. The van der Waals surface area contributed by atoms with Crippen molar-refractivity contribution < 1.29 is 0 Å². The monoisotopic (exact) mass is 259 g/mol. The predicted octanol–water partition coefficient (Wildman–Crippen LogP) is 1.96. The Labute approximate surface area is 113 Å². The van der Waals surface area contributed by atoms with Crippen LogP contribution < -0.4 is 11.1 Å². The van der Waals surface area contributed by atoms with Crippen LogP contribution in [0.15, 0.2) is 24.5 Å². The van der Waals surface area contributed by atoms with E-state index in [1.807, 2.05) is 18.2 Å². The molecule has 0 radical (unpaired) electrons. The average molecular weight is 259 g/mol. The number of nitrogens with zero attached hydrogens (tertiary/aromatic N) is 3. The number of nitrogen functional groups attached to an aromatic ring is 1. The van der Waals surface area contributed by atoms with Crippen molar-refractivity contribution in [3.8, 4) is 0 Å². The molecule has 0 aliphatic carbocycles. The van der Waals surface area contributed by atoms with Crippen molar-refractivity contribution in [1.82, 2.24) is 14.9 Å². The lowest BCUT2D eigenvalue weighted by atomic mass is 10.2. The Morgan fingerprint density at radius 3 is 2.84 bits per heavy atom. The second-order valence-corrected chi connectivity index (χ2v) is 5.00. The summed E-state index contributed by atoms with van der Waals surface area (Å²) in [6.07, 6.45) is 1.58. The van der Waals surface area contributed by atoms with E-state index in [9.17, 15) is 0 Å². The molecule has 0 unspecified atom stereocenters. The molecule has 2 aromatic rings. The number of anilines is 2. The molecule has 0 bridgehead atoms. The Morgan fingerprint density at radius 2 is 2.11 bits per heavy atom. The van der Waals surface area contributed by atoms with Crippen LogP contribution in [0.25, 0.3) is 10.9 Å². The van der Waals surface area contributed by atoms with Gasteiger partial charge in [0, 0.05) is 30.2 Å². The standard InChI is InChI=1S/C14H21N5/c1-10(2)19(3)7-6-16-14-12-8-11(15)4-5-13(12)17-9-18-14/h4-5,8-10H,6-7,15H2,1-3H3,(H,16,17,18). The van der Waals surface area contributed by atoms with Crippen LogP contribution in [-0.4, -0.2) is 41.0 Å². The summed E-state index contributed by atoms with van der Waals surface area (Å²) in [4.78, 5) is 10.8. The molecule has 0 saturated carbocycles. The summed E-state index contributed by atoms with van der Waals surface area (Å²) < 4.78 is 0. The van der Waals surface area contributed by atoms with Crippen LogP contribution in [0, 0.1) is 0 Å².